The number of aliphatic hydroxyl groups excluding tert-OH is 1. The van der Waals surface area contributed by atoms with Gasteiger partial charge in [-0.1, -0.05) is 24.3 Å². The molecule has 2 aromatic rings. The number of halogens is 1. The van der Waals surface area contributed by atoms with E-state index in [1.807, 2.05) is 24.3 Å². The van der Waals surface area contributed by atoms with Crippen molar-refractivity contribution in [3.8, 4) is 5.75 Å². The summed E-state index contributed by atoms with van der Waals surface area (Å²) in [5.74, 6) is 0.0485. The normalized spacial score (nSPS) is 21.1. The lowest BCUT2D eigenvalue weighted by atomic mass is 9.91. The van der Waals surface area contributed by atoms with Gasteiger partial charge < -0.3 is 10.2 Å². The summed E-state index contributed by atoms with van der Waals surface area (Å²) in [6.07, 6.45) is 3.38. The molecule has 0 amide bonds. The number of aliphatic hydroxyl groups is 1. The largest absolute Gasteiger partial charge is 0.508 e. The van der Waals surface area contributed by atoms with Gasteiger partial charge in [-0.15, -0.1) is 0 Å². The van der Waals surface area contributed by atoms with Crippen LogP contribution in [0.1, 0.15) is 36.8 Å². The molecular weight excluding hydrogens is 305 g/mol. The minimum atomic E-state index is -0.223. The van der Waals surface area contributed by atoms with Crippen molar-refractivity contribution in [2.75, 3.05) is 0 Å². The molecule has 1 fully saturated rings. The number of phenols is 1. The van der Waals surface area contributed by atoms with Crippen LogP contribution in [0.15, 0.2) is 48.5 Å². The van der Waals surface area contributed by atoms with Gasteiger partial charge in [0.25, 0.3) is 0 Å². The second-order valence-electron chi connectivity index (χ2n) is 6.66. The maximum atomic E-state index is 13.1. The van der Waals surface area contributed by atoms with Crippen LogP contribution in [0.5, 0.6) is 5.75 Å². The van der Waals surface area contributed by atoms with Gasteiger partial charge in [0.15, 0.2) is 0 Å². The minimum Gasteiger partial charge on any atom is -0.508 e. The highest BCUT2D eigenvalue weighted by Crippen LogP contribution is 2.26. The molecule has 3 rings (SSSR count). The Kier molecular flexibility index (Phi) is 5.48. The molecule has 2 N–H and O–H groups in total. The Hall–Kier alpha value is -1.91. The molecule has 128 valence electrons. The molecular formula is C20H24FNO2. The van der Waals surface area contributed by atoms with Gasteiger partial charge in [0.05, 0.1) is 6.10 Å². The van der Waals surface area contributed by atoms with Crippen LogP contribution in [0, 0.1) is 5.82 Å². The number of nitrogens with zero attached hydrogens (tertiary/aromatic N) is 1. The molecule has 0 spiro atoms. The topological polar surface area (TPSA) is 43.7 Å². The number of phenolic OH excluding ortho intramolecular Hbond substituents is 1. The fourth-order valence-electron chi connectivity index (χ4n) is 3.45. The van der Waals surface area contributed by atoms with Gasteiger partial charge in [0, 0.05) is 19.1 Å². The zero-order valence-electron chi connectivity index (χ0n) is 13.7. The summed E-state index contributed by atoms with van der Waals surface area (Å²) in [6, 6.07) is 14.3. The van der Waals surface area contributed by atoms with E-state index in [9.17, 15) is 14.6 Å². The van der Waals surface area contributed by atoms with E-state index in [1.54, 1.807) is 12.1 Å². The highest BCUT2D eigenvalue weighted by Gasteiger charge is 2.25. The van der Waals surface area contributed by atoms with E-state index in [0.717, 1.165) is 49.9 Å². The Balaban J connectivity index is 1.76. The molecule has 1 aliphatic carbocycles. The van der Waals surface area contributed by atoms with Crippen LogP contribution in [0.2, 0.25) is 0 Å². The SMILES string of the molecule is Oc1cccc(CN(Cc2ccc(F)cc2)C2CCC(O)CC2)c1. The van der Waals surface area contributed by atoms with Gasteiger partial charge in [0.1, 0.15) is 11.6 Å². The Labute approximate surface area is 142 Å². The van der Waals surface area contributed by atoms with Crippen LogP contribution in [0.3, 0.4) is 0 Å². The molecule has 24 heavy (non-hydrogen) atoms. The molecule has 0 bridgehead atoms. The van der Waals surface area contributed by atoms with Crippen molar-refractivity contribution in [1.82, 2.24) is 4.90 Å². The highest BCUT2D eigenvalue weighted by atomic mass is 19.1. The average Bonchev–Trinajstić information content (AvgIpc) is 2.57. The van der Waals surface area contributed by atoms with Crippen LogP contribution in [-0.2, 0) is 13.1 Å². The first-order valence-corrected chi connectivity index (χ1v) is 8.54. The van der Waals surface area contributed by atoms with Crippen LogP contribution < -0.4 is 0 Å². The summed E-state index contributed by atoms with van der Waals surface area (Å²) in [7, 11) is 0. The van der Waals surface area contributed by atoms with Crippen LogP contribution >= 0.6 is 0 Å². The molecule has 0 aliphatic heterocycles. The smallest absolute Gasteiger partial charge is 0.123 e. The van der Waals surface area contributed by atoms with Gasteiger partial charge in [-0.05, 0) is 61.1 Å². The molecule has 0 aromatic heterocycles. The summed E-state index contributed by atoms with van der Waals surface area (Å²) >= 11 is 0. The first-order chi connectivity index (χ1) is 11.6. The fourth-order valence-corrected chi connectivity index (χ4v) is 3.45. The molecule has 1 saturated carbocycles. The van der Waals surface area contributed by atoms with E-state index in [-0.39, 0.29) is 17.7 Å². The third-order valence-electron chi connectivity index (χ3n) is 4.78. The van der Waals surface area contributed by atoms with E-state index >= 15 is 0 Å². The zero-order valence-corrected chi connectivity index (χ0v) is 13.7. The van der Waals surface area contributed by atoms with Gasteiger partial charge >= 0.3 is 0 Å². The van der Waals surface area contributed by atoms with Crippen LogP contribution in [0.4, 0.5) is 4.39 Å². The lowest BCUT2D eigenvalue weighted by molar-refractivity contribution is 0.0665. The number of aromatic hydroxyl groups is 1. The summed E-state index contributed by atoms with van der Waals surface area (Å²) < 4.78 is 13.1. The molecule has 0 heterocycles. The number of benzene rings is 2. The van der Waals surface area contributed by atoms with E-state index in [4.69, 9.17) is 0 Å². The molecule has 3 nitrogen and oxygen atoms in total. The quantitative estimate of drug-likeness (QED) is 0.876. The van der Waals surface area contributed by atoms with Crippen molar-refractivity contribution < 1.29 is 14.6 Å². The summed E-state index contributed by atoms with van der Waals surface area (Å²) in [4.78, 5) is 2.37. The van der Waals surface area contributed by atoms with Crippen molar-refractivity contribution in [3.05, 3.63) is 65.5 Å². The lowest BCUT2D eigenvalue weighted by Crippen LogP contribution is -2.38. The Morgan fingerprint density at radius 1 is 0.917 bits per heavy atom. The minimum absolute atomic E-state index is 0.185. The van der Waals surface area contributed by atoms with Crippen molar-refractivity contribution in [2.24, 2.45) is 0 Å². The Morgan fingerprint density at radius 2 is 1.58 bits per heavy atom. The summed E-state index contributed by atoms with van der Waals surface area (Å²) in [6.45, 7) is 1.46. The summed E-state index contributed by atoms with van der Waals surface area (Å²) in [5.41, 5.74) is 2.13. The van der Waals surface area contributed by atoms with Gasteiger partial charge in [-0.2, -0.15) is 0 Å². The molecule has 2 aromatic carbocycles. The average molecular weight is 329 g/mol. The number of rotatable bonds is 5. The maximum Gasteiger partial charge on any atom is 0.123 e. The van der Waals surface area contributed by atoms with Crippen LogP contribution in [-0.4, -0.2) is 27.3 Å². The second-order valence-corrected chi connectivity index (χ2v) is 6.66. The van der Waals surface area contributed by atoms with E-state index in [0.29, 0.717) is 6.04 Å². The first kappa shape index (κ1) is 16.9. The fraction of sp³-hybridized carbons (Fsp3) is 0.400. The molecule has 4 heteroatoms. The highest BCUT2D eigenvalue weighted by molar-refractivity contribution is 5.27. The predicted octanol–water partition coefficient (Wildman–Crippen LogP) is 3.84. The molecule has 0 radical (unpaired) electrons. The van der Waals surface area contributed by atoms with Crippen molar-refractivity contribution in [3.63, 3.8) is 0 Å². The van der Waals surface area contributed by atoms with E-state index in [2.05, 4.69) is 4.90 Å². The summed E-state index contributed by atoms with van der Waals surface area (Å²) in [5, 5.41) is 19.5. The van der Waals surface area contributed by atoms with Crippen molar-refractivity contribution >= 4 is 0 Å². The number of hydrogen-bond acceptors (Lipinski definition) is 3. The second kappa shape index (κ2) is 7.77. The maximum absolute atomic E-state index is 13.1. The van der Waals surface area contributed by atoms with Gasteiger partial charge in [-0.3, -0.25) is 4.90 Å². The van der Waals surface area contributed by atoms with Crippen molar-refractivity contribution in [2.45, 2.75) is 50.9 Å². The van der Waals surface area contributed by atoms with Gasteiger partial charge in [0.2, 0.25) is 0 Å². The number of hydrogen-bond donors (Lipinski definition) is 2. The Bertz CT molecular complexity index is 651. The molecule has 0 saturated heterocycles. The van der Waals surface area contributed by atoms with E-state index < -0.39 is 0 Å². The predicted molar refractivity (Wildman–Crippen MR) is 92.0 cm³/mol. The Morgan fingerprint density at radius 3 is 2.25 bits per heavy atom. The molecule has 0 unspecified atom stereocenters. The third kappa shape index (κ3) is 4.56. The van der Waals surface area contributed by atoms with Crippen LogP contribution in [0.25, 0.3) is 0 Å². The van der Waals surface area contributed by atoms with Crippen molar-refractivity contribution in [1.29, 1.82) is 0 Å². The zero-order chi connectivity index (χ0) is 16.9. The monoisotopic (exact) mass is 329 g/mol. The lowest BCUT2D eigenvalue weighted by Gasteiger charge is -2.36. The van der Waals surface area contributed by atoms with Gasteiger partial charge in [-0.25, -0.2) is 4.39 Å². The van der Waals surface area contributed by atoms with E-state index in [1.165, 1.54) is 12.1 Å². The molecule has 1 aliphatic rings. The standard InChI is InChI=1S/C20H24FNO2/c21-17-6-4-15(5-7-17)13-22(18-8-10-19(23)11-9-18)14-16-2-1-3-20(24)12-16/h1-7,12,18-19,23-24H,8-11,13-14H2. The molecule has 0 atom stereocenters. The first-order valence-electron chi connectivity index (χ1n) is 8.54. The third-order valence-corrected chi connectivity index (χ3v) is 4.78.